The fraction of sp³-hybridized carbons (Fsp3) is 0. The van der Waals surface area contributed by atoms with Gasteiger partial charge in [0, 0.05) is 0 Å². The van der Waals surface area contributed by atoms with Crippen LogP contribution in [-0.4, -0.2) is 27.3 Å². The number of rotatable bonds is 0. The van der Waals surface area contributed by atoms with Crippen LogP contribution >= 0.6 is 0 Å². The van der Waals surface area contributed by atoms with Gasteiger partial charge in [-0.1, -0.05) is 0 Å². The van der Waals surface area contributed by atoms with E-state index in [1.807, 2.05) is 0 Å². The molecule has 0 fully saturated rings. The average molecular weight is 486 g/mol. The van der Waals surface area contributed by atoms with Crippen molar-refractivity contribution in [3.05, 3.63) is 0 Å². The standard InChI is InChI=1S/3BrH.K.Pb/h3*1H;;/q;;;+1;+2/p-3. The molecule has 0 aromatic carbocycles. The Morgan fingerprint density at radius 2 is 0.600 bits per heavy atom. The second kappa shape index (κ2) is 24.5. The van der Waals surface area contributed by atoms with Gasteiger partial charge in [-0.3, -0.25) is 0 Å². The van der Waals surface area contributed by atoms with E-state index in [4.69, 9.17) is 0 Å². The molecule has 0 aliphatic rings. The molecule has 0 aromatic rings. The minimum atomic E-state index is 0. The topological polar surface area (TPSA) is 0 Å². The summed E-state index contributed by atoms with van der Waals surface area (Å²) in [5.74, 6) is 0. The maximum absolute atomic E-state index is 0. The van der Waals surface area contributed by atoms with E-state index in [1.165, 1.54) is 0 Å². The van der Waals surface area contributed by atoms with Crippen molar-refractivity contribution >= 4 is 27.3 Å². The van der Waals surface area contributed by atoms with Crippen molar-refractivity contribution in [1.82, 2.24) is 0 Å². The summed E-state index contributed by atoms with van der Waals surface area (Å²) in [5.41, 5.74) is 0. The molecule has 5 heteroatoms. The van der Waals surface area contributed by atoms with E-state index >= 15 is 0 Å². The third-order valence-electron chi connectivity index (χ3n) is 0. The number of halogens is 3. The van der Waals surface area contributed by atoms with Crippen LogP contribution in [0.15, 0.2) is 0 Å². The first kappa shape index (κ1) is 36.0. The molecular formula is Br3KPb. The molecule has 26 valence electrons. The molecule has 0 nitrogen and oxygen atoms in total. The normalized spacial score (nSPS) is 0. The molecule has 0 saturated heterocycles. The van der Waals surface area contributed by atoms with E-state index in [1.54, 1.807) is 0 Å². The largest absolute Gasteiger partial charge is 2.00 e. The van der Waals surface area contributed by atoms with Gasteiger partial charge in [0.15, 0.2) is 0 Å². The van der Waals surface area contributed by atoms with Gasteiger partial charge in [-0.05, 0) is 0 Å². The summed E-state index contributed by atoms with van der Waals surface area (Å²) >= 11 is 0. The minimum absolute atomic E-state index is 0. The first-order valence-corrected chi connectivity index (χ1v) is 0. The Bertz CT molecular complexity index is 6.85. The van der Waals surface area contributed by atoms with Crippen molar-refractivity contribution in [2.75, 3.05) is 0 Å². The van der Waals surface area contributed by atoms with E-state index in [0.717, 1.165) is 0 Å². The van der Waals surface area contributed by atoms with E-state index in [0.29, 0.717) is 0 Å². The predicted molar refractivity (Wildman–Crippen MR) is 5.75 cm³/mol. The van der Waals surface area contributed by atoms with Crippen LogP contribution in [0.2, 0.25) is 0 Å². The van der Waals surface area contributed by atoms with Crippen LogP contribution in [0.1, 0.15) is 0 Å². The molecule has 2 radical (unpaired) electrons. The first-order valence-electron chi connectivity index (χ1n) is 0. The molecule has 0 aliphatic heterocycles. The van der Waals surface area contributed by atoms with Crippen molar-refractivity contribution in [1.29, 1.82) is 0 Å². The first-order chi connectivity index (χ1) is 0. The molecule has 0 aliphatic carbocycles. The quantitative estimate of drug-likeness (QED) is 0.299. The van der Waals surface area contributed by atoms with Gasteiger partial charge in [-0.15, -0.1) is 0 Å². The Morgan fingerprint density at radius 3 is 0.600 bits per heavy atom. The molecular weight excluding hydrogens is 486 g/mol. The second-order valence-electron chi connectivity index (χ2n) is 0. The zero-order valence-electron chi connectivity index (χ0n) is 2.63. The summed E-state index contributed by atoms with van der Waals surface area (Å²) in [7, 11) is 0. The third kappa shape index (κ3) is 18.0. The Labute approximate surface area is 126 Å². The molecule has 0 bridgehead atoms. The Kier molecular flexibility index (Phi) is 176. The Hall–Kier alpha value is 4.00. The fourth-order valence-electron chi connectivity index (χ4n) is 0. The summed E-state index contributed by atoms with van der Waals surface area (Å²) < 4.78 is 0. The smallest absolute Gasteiger partial charge is 1.00 e. The van der Waals surface area contributed by atoms with Crippen LogP contribution in [0.25, 0.3) is 0 Å². The molecule has 0 saturated carbocycles. The van der Waals surface area contributed by atoms with Crippen LogP contribution in [0, 0.1) is 0 Å². The molecule has 0 heterocycles. The van der Waals surface area contributed by atoms with E-state index in [-0.39, 0.29) is 130 Å². The van der Waals surface area contributed by atoms with Gasteiger partial charge in [0.2, 0.25) is 0 Å². The summed E-state index contributed by atoms with van der Waals surface area (Å²) in [4.78, 5) is 0. The molecule has 0 spiro atoms. The zero-order valence-corrected chi connectivity index (χ0v) is 14.4. The van der Waals surface area contributed by atoms with Crippen LogP contribution in [0.3, 0.4) is 0 Å². The summed E-state index contributed by atoms with van der Waals surface area (Å²) in [6.07, 6.45) is 0. The molecule has 0 N–H and O–H groups in total. The maximum Gasteiger partial charge on any atom is 2.00 e. The molecule has 0 atom stereocenters. The summed E-state index contributed by atoms with van der Waals surface area (Å²) in [5, 5.41) is 0. The van der Waals surface area contributed by atoms with Crippen LogP contribution < -0.4 is 102 Å². The van der Waals surface area contributed by atoms with Gasteiger partial charge in [0.25, 0.3) is 0 Å². The summed E-state index contributed by atoms with van der Waals surface area (Å²) in [6, 6.07) is 0. The Balaban J connectivity index is 0. The summed E-state index contributed by atoms with van der Waals surface area (Å²) in [6.45, 7) is 0. The minimum Gasteiger partial charge on any atom is -1.00 e. The molecule has 0 amide bonds. The molecule has 0 unspecified atom stereocenters. The number of hydrogen-bond donors (Lipinski definition) is 0. The van der Waals surface area contributed by atoms with Gasteiger partial charge in [0.05, 0.1) is 0 Å². The van der Waals surface area contributed by atoms with E-state index < -0.39 is 0 Å². The second-order valence-corrected chi connectivity index (χ2v) is 0. The van der Waals surface area contributed by atoms with Crippen LogP contribution in [-0.2, 0) is 0 Å². The van der Waals surface area contributed by atoms with Crippen molar-refractivity contribution in [3.8, 4) is 0 Å². The third-order valence-corrected chi connectivity index (χ3v) is 0. The van der Waals surface area contributed by atoms with E-state index in [9.17, 15) is 0 Å². The fourth-order valence-corrected chi connectivity index (χ4v) is 0. The van der Waals surface area contributed by atoms with Crippen LogP contribution in [0.4, 0.5) is 0 Å². The monoisotopic (exact) mass is 484 g/mol. The zero-order chi connectivity index (χ0) is 0. The van der Waals surface area contributed by atoms with Crippen LogP contribution in [0.5, 0.6) is 0 Å². The molecule has 5 heavy (non-hydrogen) atoms. The predicted octanol–water partition coefficient (Wildman–Crippen LogP) is -12.4. The number of hydrogen-bond acceptors (Lipinski definition) is 0. The molecule has 0 aromatic heterocycles. The van der Waals surface area contributed by atoms with Crippen molar-refractivity contribution < 1.29 is 102 Å². The van der Waals surface area contributed by atoms with Crippen molar-refractivity contribution in [2.24, 2.45) is 0 Å². The van der Waals surface area contributed by atoms with Gasteiger partial charge in [-0.25, -0.2) is 0 Å². The van der Waals surface area contributed by atoms with Gasteiger partial charge >= 0.3 is 78.7 Å². The SMILES string of the molecule is [Br-].[Br-].[Br-].[K+].[Pb+2]. The van der Waals surface area contributed by atoms with Crippen molar-refractivity contribution in [3.63, 3.8) is 0 Å². The average Bonchev–Trinajstić information content (AvgIpc) is 0. The van der Waals surface area contributed by atoms with Gasteiger partial charge in [-0.2, -0.15) is 0 Å². The maximum atomic E-state index is 0. The Morgan fingerprint density at radius 1 is 0.600 bits per heavy atom. The molecule has 0 rings (SSSR count). The van der Waals surface area contributed by atoms with Gasteiger partial charge in [0.1, 0.15) is 0 Å². The van der Waals surface area contributed by atoms with Crippen molar-refractivity contribution in [2.45, 2.75) is 0 Å². The van der Waals surface area contributed by atoms with E-state index in [2.05, 4.69) is 0 Å². The van der Waals surface area contributed by atoms with Gasteiger partial charge < -0.3 is 50.9 Å².